The molecule has 5 aromatic rings. The number of benzene rings is 4. The van der Waals surface area contributed by atoms with E-state index in [4.69, 9.17) is 4.99 Å². The molecule has 1 saturated heterocycles. The highest BCUT2D eigenvalue weighted by Gasteiger charge is 2.33. The van der Waals surface area contributed by atoms with Gasteiger partial charge in [0.15, 0.2) is 5.17 Å². The molecule has 38 heavy (non-hydrogen) atoms. The third kappa shape index (κ3) is 5.20. The van der Waals surface area contributed by atoms with Gasteiger partial charge in [-0.15, -0.1) is 0 Å². The van der Waals surface area contributed by atoms with E-state index in [1.807, 2.05) is 65.7 Å². The number of hydrogen-bond donors (Lipinski definition) is 0. The van der Waals surface area contributed by atoms with Crippen LogP contribution >= 0.6 is 11.8 Å². The average Bonchev–Trinajstić information content (AvgIpc) is 3.54. The SMILES string of the molecule is O=C1/C(=C/c2cccn2-c2ccc3ccccc3c2)SC(=Nc2ccccc2)N1CCCc1ccccc1. The first-order chi connectivity index (χ1) is 18.7. The van der Waals surface area contributed by atoms with Crippen molar-refractivity contribution in [2.24, 2.45) is 4.99 Å². The molecule has 0 saturated carbocycles. The molecule has 5 heteroatoms. The maximum atomic E-state index is 13.6. The molecule has 4 nitrogen and oxygen atoms in total. The zero-order valence-corrected chi connectivity index (χ0v) is 21.7. The first-order valence-electron chi connectivity index (χ1n) is 12.8. The molecule has 2 heterocycles. The van der Waals surface area contributed by atoms with Gasteiger partial charge in [0.1, 0.15) is 0 Å². The summed E-state index contributed by atoms with van der Waals surface area (Å²) in [5.41, 5.74) is 4.14. The number of aliphatic imine (C=N–C) groups is 1. The zero-order valence-electron chi connectivity index (χ0n) is 20.9. The third-order valence-corrected chi connectivity index (χ3v) is 7.64. The number of carbonyl (C=O) groups excluding carboxylic acids is 1. The van der Waals surface area contributed by atoms with Crippen molar-refractivity contribution in [1.29, 1.82) is 0 Å². The monoisotopic (exact) mass is 513 g/mol. The molecule has 6 rings (SSSR count). The predicted octanol–water partition coefficient (Wildman–Crippen LogP) is 7.87. The van der Waals surface area contributed by atoms with Crippen LogP contribution in [-0.4, -0.2) is 27.1 Å². The van der Waals surface area contributed by atoms with Crippen LogP contribution in [0.15, 0.2) is 131 Å². The Hall–Kier alpha value is -4.35. The third-order valence-electron chi connectivity index (χ3n) is 6.63. The van der Waals surface area contributed by atoms with Crippen LogP contribution in [0.5, 0.6) is 0 Å². The van der Waals surface area contributed by atoms with Crippen molar-refractivity contribution in [1.82, 2.24) is 9.47 Å². The summed E-state index contributed by atoms with van der Waals surface area (Å²) in [6, 6.07) is 39.1. The minimum absolute atomic E-state index is 0.00371. The number of carbonyl (C=O) groups is 1. The van der Waals surface area contributed by atoms with Crippen LogP contribution < -0.4 is 0 Å². The number of para-hydroxylation sites is 1. The Morgan fingerprint density at radius 2 is 1.50 bits per heavy atom. The second-order valence-electron chi connectivity index (χ2n) is 9.22. The quantitative estimate of drug-likeness (QED) is 0.208. The fraction of sp³-hybridized carbons (Fsp3) is 0.0909. The molecular formula is C33H27N3OS. The molecule has 0 N–H and O–H groups in total. The van der Waals surface area contributed by atoms with E-state index in [2.05, 4.69) is 71.3 Å². The molecule has 0 aliphatic carbocycles. The van der Waals surface area contributed by atoms with E-state index in [9.17, 15) is 4.79 Å². The molecule has 1 amide bonds. The first kappa shape index (κ1) is 24.0. The number of rotatable bonds is 7. The molecule has 186 valence electrons. The smallest absolute Gasteiger partial charge is 0.266 e. The van der Waals surface area contributed by atoms with Crippen molar-refractivity contribution in [2.75, 3.05) is 6.54 Å². The molecular weight excluding hydrogens is 486 g/mol. The van der Waals surface area contributed by atoms with E-state index < -0.39 is 0 Å². The maximum absolute atomic E-state index is 13.6. The summed E-state index contributed by atoms with van der Waals surface area (Å²) in [7, 11) is 0. The van der Waals surface area contributed by atoms with Crippen LogP contribution in [0.3, 0.4) is 0 Å². The zero-order chi connectivity index (χ0) is 25.7. The molecule has 0 atom stereocenters. The summed E-state index contributed by atoms with van der Waals surface area (Å²) in [6.07, 6.45) is 5.81. The molecule has 0 radical (unpaired) electrons. The topological polar surface area (TPSA) is 37.6 Å². The van der Waals surface area contributed by atoms with E-state index in [1.165, 1.54) is 28.1 Å². The van der Waals surface area contributed by atoms with Crippen molar-refractivity contribution < 1.29 is 4.79 Å². The molecule has 1 fully saturated rings. The minimum atomic E-state index is 0.00371. The number of fused-ring (bicyclic) bond motifs is 1. The van der Waals surface area contributed by atoms with Gasteiger partial charge in [-0.3, -0.25) is 9.69 Å². The highest BCUT2D eigenvalue weighted by Crippen LogP contribution is 2.35. The van der Waals surface area contributed by atoms with Gasteiger partial charge in [-0.25, -0.2) is 4.99 Å². The Morgan fingerprint density at radius 3 is 2.32 bits per heavy atom. The van der Waals surface area contributed by atoms with Gasteiger partial charge < -0.3 is 4.57 Å². The lowest BCUT2D eigenvalue weighted by atomic mass is 10.1. The molecule has 1 aliphatic heterocycles. The molecule has 1 aliphatic rings. The first-order valence-corrected chi connectivity index (χ1v) is 13.6. The van der Waals surface area contributed by atoms with Gasteiger partial charge in [-0.2, -0.15) is 0 Å². The number of amidine groups is 1. The number of aromatic nitrogens is 1. The average molecular weight is 514 g/mol. The number of thioether (sulfide) groups is 1. The molecule has 0 unspecified atom stereocenters. The van der Waals surface area contributed by atoms with Gasteiger partial charge in [-0.05, 0) is 83.4 Å². The molecule has 0 bridgehead atoms. The van der Waals surface area contributed by atoms with E-state index in [1.54, 1.807) is 0 Å². The maximum Gasteiger partial charge on any atom is 0.266 e. The highest BCUT2D eigenvalue weighted by atomic mass is 32.2. The highest BCUT2D eigenvalue weighted by molar-refractivity contribution is 8.18. The standard InChI is InChI=1S/C33H27N3OS/c37-32-31(24-29-18-10-21-35(29)30-20-19-26-14-7-8-15-27(26)23-30)38-33(34-28-16-5-2-6-17-28)36(32)22-9-13-25-11-3-1-4-12-25/h1-8,10-12,14-21,23-24H,9,13,22H2/b31-24-,34-33?. The summed E-state index contributed by atoms with van der Waals surface area (Å²) >= 11 is 1.45. The molecule has 1 aromatic heterocycles. The number of amides is 1. The van der Waals surface area contributed by atoms with Crippen LogP contribution in [0, 0.1) is 0 Å². The summed E-state index contributed by atoms with van der Waals surface area (Å²) < 4.78 is 2.12. The van der Waals surface area contributed by atoms with Crippen LogP contribution in [-0.2, 0) is 11.2 Å². The van der Waals surface area contributed by atoms with Crippen LogP contribution in [0.4, 0.5) is 5.69 Å². The van der Waals surface area contributed by atoms with Gasteiger partial charge in [-0.1, -0.05) is 78.9 Å². The van der Waals surface area contributed by atoms with Gasteiger partial charge >= 0.3 is 0 Å². The van der Waals surface area contributed by atoms with E-state index in [0.717, 1.165) is 35.1 Å². The van der Waals surface area contributed by atoms with Crippen molar-refractivity contribution in [2.45, 2.75) is 12.8 Å². The number of hydrogen-bond acceptors (Lipinski definition) is 3. The second kappa shape index (κ2) is 11.0. The van der Waals surface area contributed by atoms with Crippen LogP contribution in [0.2, 0.25) is 0 Å². The normalized spacial score (nSPS) is 15.7. The largest absolute Gasteiger partial charge is 0.317 e. The van der Waals surface area contributed by atoms with Crippen LogP contribution in [0.1, 0.15) is 17.7 Å². The fourth-order valence-electron chi connectivity index (χ4n) is 4.70. The predicted molar refractivity (Wildman–Crippen MR) is 159 cm³/mol. The number of nitrogens with zero attached hydrogens (tertiary/aromatic N) is 3. The van der Waals surface area contributed by atoms with E-state index >= 15 is 0 Å². The molecule has 0 spiro atoms. The van der Waals surface area contributed by atoms with Gasteiger partial charge in [0.05, 0.1) is 10.6 Å². The van der Waals surface area contributed by atoms with Gasteiger partial charge in [0.25, 0.3) is 5.91 Å². The van der Waals surface area contributed by atoms with E-state index in [-0.39, 0.29) is 5.91 Å². The Morgan fingerprint density at radius 1 is 0.763 bits per heavy atom. The Labute approximate surface area is 227 Å². The Bertz CT molecular complexity index is 1640. The van der Waals surface area contributed by atoms with Gasteiger partial charge in [0.2, 0.25) is 0 Å². The second-order valence-corrected chi connectivity index (χ2v) is 10.2. The van der Waals surface area contributed by atoms with Crippen molar-refractivity contribution in [3.05, 3.63) is 138 Å². The minimum Gasteiger partial charge on any atom is -0.317 e. The van der Waals surface area contributed by atoms with Crippen LogP contribution in [0.25, 0.3) is 22.5 Å². The summed E-state index contributed by atoms with van der Waals surface area (Å²) in [5, 5.41) is 3.12. The lowest BCUT2D eigenvalue weighted by Crippen LogP contribution is -2.30. The Balaban J connectivity index is 1.29. The summed E-state index contributed by atoms with van der Waals surface area (Å²) in [6.45, 7) is 0.620. The summed E-state index contributed by atoms with van der Waals surface area (Å²) in [5.74, 6) is 0.00371. The van der Waals surface area contributed by atoms with Crippen molar-refractivity contribution >= 4 is 45.4 Å². The Kier molecular flexibility index (Phi) is 6.92. The molecule has 4 aromatic carbocycles. The van der Waals surface area contributed by atoms with Crippen molar-refractivity contribution in [3.63, 3.8) is 0 Å². The fourth-order valence-corrected chi connectivity index (χ4v) is 5.70. The summed E-state index contributed by atoms with van der Waals surface area (Å²) in [4.78, 5) is 21.0. The van der Waals surface area contributed by atoms with Gasteiger partial charge in [0, 0.05) is 24.1 Å². The number of aryl methyl sites for hydroxylation is 1. The van der Waals surface area contributed by atoms with Crippen molar-refractivity contribution in [3.8, 4) is 5.69 Å². The van der Waals surface area contributed by atoms with E-state index in [0.29, 0.717) is 11.4 Å². The lowest BCUT2D eigenvalue weighted by Gasteiger charge is -2.15. The lowest BCUT2D eigenvalue weighted by molar-refractivity contribution is -0.122.